The van der Waals surface area contributed by atoms with Gasteiger partial charge in [0.05, 0.1) is 27.3 Å². The van der Waals surface area contributed by atoms with Crippen LogP contribution in [0, 0.1) is 0 Å². The Morgan fingerprint density at radius 1 is 1.16 bits per heavy atom. The molecule has 0 atom stereocenters. The third-order valence-corrected chi connectivity index (χ3v) is 4.60. The molecular formula is C17H15Cl3N4O. The van der Waals surface area contributed by atoms with Crippen molar-refractivity contribution in [3.63, 3.8) is 0 Å². The molecule has 0 aliphatic carbocycles. The minimum atomic E-state index is -0.207. The van der Waals surface area contributed by atoms with Gasteiger partial charge in [-0.25, -0.2) is 9.78 Å². The summed E-state index contributed by atoms with van der Waals surface area (Å²) >= 11 is 17.8. The molecule has 2 aromatic heterocycles. The van der Waals surface area contributed by atoms with Crippen LogP contribution in [0.4, 0.5) is 4.79 Å². The summed E-state index contributed by atoms with van der Waals surface area (Å²) in [6.07, 6.45) is 3.60. The fraction of sp³-hybridized carbons (Fsp3) is 0.176. The van der Waals surface area contributed by atoms with Gasteiger partial charge in [0, 0.05) is 26.0 Å². The quantitative estimate of drug-likeness (QED) is 0.697. The molecule has 0 aliphatic rings. The van der Waals surface area contributed by atoms with E-state index < -0.39 is 0 Å². The fourth-order valence-corrected chi connectivity index (χ4v) is 2.88. The number of benzene rings is 1. The zero-order valence-electron chi connectivity index (χ0n) is 13.3. The second-order valence-corrected chi connectivity index (χ2v) is 6.86. The van der Waals surface area contributed by atoms with Crippen molar-refractivity contribution >= 4 is 46.5 Å². The Labute approximate surface area is 160 Å². The van der Waals surface area contributed by atoms with Crippen molar-refractivity contribution in [1.29, 1.82) is 0 Å². The van der Waals surface area contributed by atoms with Crippen LogP contribution >= 0.6 is 34.8 Å². The first-order valence-corrected chi connectivity index (χ1v) is 8.62. The number of nitrogens with one attached hydrogen (secondary N) is 1. The lowest BCUT2D eigenvalue weighted by molar-refractivity contribution is 0.206. The Morgan fingerprint density at radius 3 is 2.72 bits per heavy atom. The number of halogens is 3. The SMILES string of the molecule is CN(Cc1ccc(Cl)c(Cl)c1)C(=O)NCc1cn2cc(Cl)ccc2n1. The molecule has 3 aromatic rings. The number of carbonyl (C=O) groups excluding carboxylic acids is 1. The molecule has 3 rings (SSSR count). The standard InChI is InChI=1S/C17H15Cl3N4O/c1-23(8-11-2-4-14(19)15(20)6-11)17(25)21-7-13-10-24-9-12(18)3-5-16(24)22-13/h2-6,9-10H,7-8H2,1H3,(H,21,25). The number of amides is 2. The van der Waals surface area contributed by atoms with Crippen LogP contribution in [0.2, 0.25) is 15.1 Å². The van der Waals surface area contributed by atoms with Crippen LogP contribution in [0.3, 0.4) is 0 Å². The third-order valence-electron chi connectivity index (χ3n) is 3.64. The van der Waals surface area contributed by atoms with Gasteiger partial charge in [-0.15, -0.1) is 0 Å². The maximum absolute atomic E-state index is 12.2. The largest absolute Gasteiger partial charge is 0.332 e. The Bertz CT molecular complexity index is 925. The van der Waals surface area contributed by atoms with E-state index in [1.807, 2.05) is 22.7 Å². The molecule has 0 radical (unpaired) electrons. The zero-order chi connectivity index (χ0) is 18.0. The summed E-state index contributed by atoms with van der Waals surface area (Å²) in [6.45, 7) is 0.743. The molecule has 0 unspecified atom stereocenters. The Hall–Kier alpha value is -1.95. The Morgan fingerprint density at radius 2 is 1.96 bits per heavy atom. The van der Waals surface area contributed by atoms with Gasteiger partial charge in [0.25, 0.3) is 0 Å². The lowest BCUT2D eigenvalue weighted by Gasteiger charge is -2.18. The number of carbonyl (C=O) groups is 1. The van der Waals surface area contributed by atoms with Crippen molar-refractivity contribution in [2.75, 3.05) is 7.05 Å². The predicted molar refractivity (Wildman–Crippen MR) is 100 cm³/mol. The predicted octanol–water partition coefficient (Wildman–Crippen LogP) is 4.64. The number of hydrogen-bond acceptors (Lipinski definition) is 2. The molecule has 0 fully saturated rings. The molecular weight excluding hydrogens is 383 g/mol. The molecule has 0 saturated heterocycles. The van der Waals surface area contributed by atoms with Crippen LogP contribution < -0.4 is 5.32 Å². The monoisotopic (exact) mass is 396 g/mol. The van der Waals surface area contributed by atoms with Crippen LogP contribution in [0.5, 0.6) is 0 Å². The van der Waals surface area contributed by atoms with Crippen molar-refractivity contribution in [1.82, 2.24) is 19.6 Å². The van der Waals surface area contributed by atoms with Crippen molar-refractivity contribution in [3.8, 4) is 0 Å². The van der Waals surface area contributed by atoms with E-state index in [9.17, 15) is 4.79 Å². The molecule has 130 valence electrons. The highest BCUT2D eigenvalue weighted by molar-refractivity contribution is 6.42. The van der Waals surface area contributed by atoms with E-state index in [1.165, 1.54) is 0 Å². The molecule has 2 amide bonds. The van der Waals surface area contributed by atoms with E-state index >= 15 is 0 Å². The first kappa shape index (κ1) is 17.9. The van der Waals surface area contributed by atoms with Gasteiger partial charge in [0.1, 0.15) is 5.65 Å². The molecule has 8 heteroatoms. The van der Waals surface area contributed by atoms with Crippen LogP contribution in [-0.4, -0.2) is 27.4 Å². The van der Waals surface area contributed by atoms with Gasteiger partial charge < -0.3 is 14.6 Å². The van der Waals surface area contributed by atoms with Crippen molar-refractivity contribution in [2.45, 2.75) is 13.1 Å². The normalized spacial score (nSPS) is 10.9. The Kier molecular flexibility index (Phi) is 5.37. The number of urea groups is 1. The highest BCUT2D eigenvalue weighted by Crippen LogP contribution is 2.23. The van der Waals surface area contributed by atoms with Crippen molar-refractivity contribution < 1.29 is 4.79 Å². The van der Waals surface area contributed by atoms with E-state index in [1.54, 1.807) is 36.3 Å². The van der Waals surface area contributed by atoms with E-state index in [0.29, 0.717) is 28.2 Å². The summed E-state index contributed by atoms with van der Waals surface area (Å²) in [5, 5.41) is 4.43. The lowest BCUT2D eigenvalue weighted by atomic mass is 10.2. The number of fused-ring (bicyclic) bond motifs is 1. The highest BCUT2D eigenvalue weighted by Gasteiger charge is 2.11. The van der Waals surface area contributed by atoms with Gasteiger partial charge in [-0.3, -0.25) is 0 Å². The van der Waals surface area contributed by atoms with Crippen LogP contribution in [0.1, 0.15) is 11.3 Å². The summed E-state index contributed by atoms with van der Waals surface area (Å²) in [5.74, 6) is 0. The third kappa shape index (κ3) is 4.37. The first-order valence-electron chi connectivity index (χ1n) is 7.48. The van der Waals surface area contributed by atoms with Gasteiger partial charge in [0.2, 0.25) is 0 Å². The molecule has 25 heavy (non-hydrogen) atoms. The molecule has 0 saturated carbocycles. The number of imidazole rings is 1. The first-order chi connectivity index (χ1) is 11.9. The number of hydrogen-bond donors (Lipinski definition) is 1. The summed E-state index contributed by atoms with van der Waals surface area (Å²) in [6, 6.07) is 8.69. The van der Waals surface area contributed by atoms with E-state index in [-0.39, 0.29) is 6.03 Å². The number of pyridine rings is 1. The zero-order valence-corrected chi connectivity index (χ0v) is 15.6. The van der Waals surface area contributed by atoms with Crippen LogP contribution in [0.25, 0.3) is 5.65 Å². The average Bonchev–Trinajstić information content (AvgIpc) is 2.97. The summed E-state index contributed by atoms with van der Waals surface area (Å²) in [4.78, 5) is 18.2. The van der Waals surface area contributed by atoms with Crippen molar-refractivity contribution in [2.24, 2.45) is 0 Å². The van der Waals surface area contributed by atoms with E-state index in [0.717, 1.165) is 16.9 Å². The molecule has 2 heterocycles. The summed E-state index contributed by atoms with van der Waals surface area (Å²) in [5.41, 5.74) is 2.42. The Balaban J connectivity index is 1.59. The smallest absolute Gasteiger partial charge is 0.317 e. The topological polar surface area (TPSA) is 49.6 Å². The second kappa shape index (κ2) is 7.52. The molecule has 5 nitrogen and oxygen atoms in total. The van der Waals surface area contributed by atoms with Gasteiger partial charge >= 0.3 is 6.03 Å². The van der Waals surface area contributed by atoms with Gasteiger partial charge in [0.15, 0.2) is 0 Å². The minimum absolute atomic E-state index is 0.207. The van der Waals surface area contributed by atoms with E-state index in [2.05, 4.69) is 10.3 Å². The molecule has 0 spiro atoms. The fourth-order valence-electron chi connectivity index (χ4n) is 2.39. The van der Waals surface area contributed by atoms with Crippen LogP contribution in [-0.2, 0) is 13.1 Å². The maximum Gasteiger partial charge on any atom is 0.317 e. The van der Waals surface area contributed by atoms with Crippen molar-refractivity contribution in [3.05, 3.63) is 69.1 Å². The number of rotatable bonds is 4. The number of nitrogens with zero attached hydrogens (tertiary/aromatic N) is 3. The molecule has 1 N–H and O–H groups in total. The van der Waals surface area contributed by atoms with Gasteiger partial charge in [-0.05, 0) is 29.8 Å². The average molecular weight is 398 g/mol. The highest BCUT2D eigenvalue weighted by atomic mass is 35.5. The second-order valence-electron chi connectivity index (χ2n) is 5.61. The lowest BCUT2D eigenvalue weighted by Crippen LogP contribution is -2.36. The summed E-state index contributed by atoms with van der Waals surface area (Å²) < 4.78 is 1.82. The minimum Gasteiger partial charge on any atom is -0.332 e. The molecule has 0 bridgehead atoms. The molecule has 0 aliphatic heterocycles. The van der Waals surface area contributed by atoms with Crippen LogP contribution in [0.15, 0.2) is 42.7 Å². The van der Waals surface area contributed by atoms with Gasteiger partial charge in [-0.2, -0.15) is 0 Å². The summed E-state index contributed by atoms with van der Waals surface area (Å²) in [7, 11) is 1.71. The maximum atomic E-state index is 12.2. The number of aromatic nitrogens is 2. The van der Waals surface area contributed by atoms with Gasteiger partial charge in [-0.1, -0.05) is 40.9 Å². The van der Waals surface area contributed by atoms with E-state index in [4.69, 9.17) is 34.8 Å². The molecule has 1 aromatic carbocycles.